The van der Waals surface area contributed by atoms with Crippen LogP contribution in [0.2, 0.25) is 0 Å². The van der Waals surface area contributed by atoms with Crippen molar-refractivity contribution in [2.75, 3.05) is 42.3 Å². The Kier molecular flexibility index (Phi) is 6.95. The standard InChI is InChI=1S/C25H33N3O4S/c1-18-7-8-19(2)24(14-18)33(31,32)26-22-15-21(25(29)30)9-10-23(22)28-13-5-6-20(17-28)16-27-11-3-4-12-27/h7-10,14-15,20,26H,3-6,11-13,16-17H2,1-2H3,(H,29,30)/t20-/m1/s1. The smallest absolute Gasteiger partial charge is 0.335 e. The van der Waals surface area contributed by atoms with Crippen molar-refractivity contribution in [3.63, 3.8) is 0 Å². The van der Waals surface area contributed by atoms with E-state index in [-0.39, 0.29) is 10.5 Å². The molecule has 2 heterocycles. The van der Waals surface area contributed by atoms with Gasteiger partial charge in [0.2, 0.25) is 0 Å². The molecular weight excluding hydrogens is 438 g/mol. The number of sulfonamides is 1. The van der Waals surface area contributed by atoms with E-state index in [2.05, 4.69) is 14.5 Å². The summed E-state index contributed by atoms with van der Waals surface area (Å²) in [6.45, 7) is 8.64. The number of piperidine rings is 1. The number of hydrogen-bond acceptors (Lipinski definition) is 5. The molecule has 178 valence electrons. The van der Waals surface area contributed by atoms with E-state index in [0.29, 0.717) is 17.2 Å². The highest BCUT2D eigenvalue weighted by Crippen LogP contribution is 2.33. The van der Waals surface area contributed by atoms with Crippen LogP contribution in [-0.4, -0.2) is 57.1 Å². The maximum Gasteiger partial charge on any atom is 0.335 e. The number of carboxylic acids is 1. The first kappa shape index (κ1) is 23.6. The van der Waals surface area contributed by atoms with Crippen molar-refractivity contribution < 1.29 is 18.3 Å². The number of aromatic carboxylic acids is 1. The normalized spacial score (nSPS) is 19.6. The Bertz CT molecular complexity index is 1130. The molecule has 4 rings (SSSR count). The lowest BCUT2D eigenvalue weighted by Gasteiger charge is -2.37. The lowest BCUT2D eigenvalue weighted by molar-refractivity contribution is 0.0697. The van der Waals surface area contributed by atoms with E-state index >= 15 is 0 Å². The van der Waals surface area contributed by atoms with Crippen molar-refractivity contribution in [3.05, 3.63) is 53.1 Å². The van der Waals surface area contributed by atoms with Crippen LogP contribution in [0.15, 0.2) is 41.3 Å². The van der Waals surface area contributed by atoms with E-state index in [0.717, 1.165) is 56.8 Å². The number of aryl methyl sites for hydroxylation is 2. The van der Waals surface area contributed by atoms with Gasteiger partial charge >= 0.3 is 5.97 Å². The fourth-order valence-corrected chi connectivity index (χ4v) is 6.38. The largest absolute Gasteiger partial charge is 0.478 e. The molecule has 2 aromatic carbocycles. The molecule has 2 fully saturated rings. The molecule has 0 spiro atoms. The second kappa shape index (κ2) is 9.73. The van der Waals surface area contributed by atoms with Crippen molar-refractivity contribution in [3.8, 4) is 0 Å². The molecule has 0 unspecified atom stereocenters. The van der Waals surface area contributed by atoms with Crippen molar-refractivity contribution in [2.45, 2.75) is 44.4 Å². The summed E-state index contributed by atoms with van der Waals surface area (Å²) in [5.41, 5.74) is 2.61. The van der Waals surface area contributed by atoms with E-state index in [4.69, 9.17) is 0 Å². The summed E-state index contributed by atoms with van der Waals surface area (Å²) < 4.78 is 29.3. The molecular formula is C25H33N3O4S. The maximum absolute atomic E-state index is 13.3. The highest BCUT2D eigenvalue weighted by atomic mass is 32.2. The Morgan fingerprint density at radius 3 is 2.55 bits per heavy atom. The minimum atomic E-state index is -3.88. The first-order valence-electron chi connectivity index (χ1n) is 11.7. The van der Waals surface area contributed by atoms with E-state index in [1.807, 2.05) is 13.0 Å². The van der Waals surface area contributed by atoms with Crippen LogP contribution < -0.4 is 9.62 Å². The minimum absolute atomic E-state index is 0.0584. The first-order chi connectivity index (χ1) is 15.7. The molecule has 0 radical (unpaired) electrons. The molecule has 2 aliphatic rings. The zero-order chi connectivity index (χ0) is 23.6. The van der Waals surface area contributed by atoms with Gasteiger partial charge in [-0.25, -0.2) is 13.2 Å². The van der Waals surface area contributed by atoms with Crippen LogP contribution in [-0.2, 0) is 10.0 Å². The van der Waals surface area contributed by atoms with Gasteiger partial charge in [-0.15, -0.1) is 0 Å². The third-order valence-corrected chi connectivity index (χ3v) is 8.20. The predicted octanol–water partition coefficient (Wildman–Crippen LogP) is 4.11. The summed E-state index contributed by atoms with van der Waals surface area (Å²) in [5.74, 6) is -0.571. The molecule has 0 amide bonds. The molecule has 33 heavy (non-hydrogen) atoms. The lowest BCUT2D eigenvalue weighted by Crippen LogP contribution is -2.40. The highest BCUT2D eigenvalue weighted by molar-refractivity contribution is 7.92. The number of rotatable bonds is 7. The monoisotopic (exact) mass is 471 g/mol. The van der Waals surface area contributed by atoms with Crippen molar-refractivity contribution in [2.24, 2.45) is 5.92 Å². The van der Waals surface area contributed by atoms with Crippen LogP contribution in [0.4, 0.5) is 11.4 Å². The zero-order valence-electron chi connectivity index (χ0n) is 19.4. The van der Waals surface area contributed by atoms with Gasteiger partial charge in [-0.2, -0.15) is 0 Å². The van der Waals surface area contributed by atoms with Crippen LogP contribution >= 0.6 is 0 Å². The Balaban J connectivity index is 1.63. The summed E-state index contributed by atoms with van der Waals surface area (Å²) in [4.78, 5) is 16.6. The van der Waals surface area contributed by atoms with E-state index < -0.39 is 16.0 Å². The highest BCUT2D eigenvalue weighted by Gasteiger charge is 2.27. The molecule has 8 heteroatoms. The summed E-state index contributed by atoms with van der Waals surface area (Å²) in [6.07, 6.45) is 4.71. The van der Waals surface area contributed by atoms with Gasteiger partial charge in [-0.3, -0.25) is 4.72 Å². The molecule has 0 aromatic heterocycles. The second-order valence-electron chi connectivity index (χ2n) is 9.37. The average Bonchev–Trinajstić information content (AvgIpc) is 3.28. The molecule has 2 aromatic rings. The van der Waals surface area contributed by atoms with Crippen LogP contribution in [0.5, 0.6) is 0 Å². The number of benzene rings is 2. The number of likely N-dealkylation sites (tertiary alicyclic amines) is 1. The number of anilines is 2. The fourth-order valence-electron chi connectivity index (χ4n) is 4.99. The topological polar surface area (TPSA) is 89.9 Å². The quantitative estimate of drug-likeness (QED) is 0.632. The first-order valence-corrected chi connectivity index (χ1v) is 13.2. The Morgan fingerprint density at radius 1 is 1.06 bits per heavy atom. The molecule has 0 saturated carbocycles. The predicted molar refractivity (Wildman–Crippen MR) is 131 cm³/mol. The van der Waals surface area contributed by atoms with Crippen LogP contribution in [0.3, 0.4) is 0 Å². The van der Waals surface area contributed by atoms with Crippen molar-refractivity contribution >= 4 is 27.4 Å². The summed E-state index contributed by atoms with van der Waals surface area (Å²) in [7, 11) is -3.88. The zero-order valence-corrected chi connectivity index (χ0v) is 20.2. The Labute approximate surface area is 196 Å². The molecule has 2 aliphatic heterocycles. The van der Waals surface area contributed by atoms with Gasteiger partial charge in [0, 0.05) is 19.6 Å². The van der Waals surface area contributed by atoms with Gasteiger partial charge in [0.05, 0.1) is 21.8 Å². The van der Waals surface area contributed by atoms with Crippen molar-refractivity contribution in [1.29, 1.82) is 0 Å². The summed E-state index contributed by atoms with van der Waals surface area (Å²) >= 11 is 0. The Hall–Kier alpha value is -2.58. The van der Waals surface area contributed by atoms with Gasteiger partial charge in [0.15, 0.2) is 0 Å². The SMILES string of the molecule is Cc1ccc(C)c(S(=O)(=O)Nc2cc(C(=O)O)ccc2N2CCC[C@H](CN3CCCC3)C2)c1. The number of carboxylic acid groups (broad SMARTS) is 1. The van der Waals surface area contributed by atoms with Crippen LogP contribution in [0, 0.1) is 19.8 Å². The number of nitrogens with one attached hydrogen (secondary N) is 1. The summed E-state index contributed by atoms with van der Waals surface area (Å²) in [5, 5.41) is 9.51. The molecule has 2 N–H and O–H groups in total. The number of hydrogen-bond donors (Lipinski definition) is 2. The second-order valence-corrected chi connectivity index (χ2v) is 11.0. The average molecular weight is 472 g/mol. The van der Waals surface area contributed by atoms with Crippen molar-refractivity contribution in [1.82, 2.24) is 4.90 Å². The summed E-state index contributed by atoms with van der Waals surface area (Å²) in [6, 6.07) is 10.0. The fraction of sp³-hybridized carbons (Fsp3) is 0.480. The van der Waals surface area contributed by atoms with E-state index in [9.17, 15) is 18.3 Å². The van der Waals surface area contributed by atoms with Crippen LogP contribution in [0.25, 0.3) is 0 Å². The van der Waals surface area contributed by atoms with Gasteiger partial charge in [0.25, 0.3) is 10.0 Å². The third kappa shape index (κ3) is 5.50. The van der Waals surface area contributed by atoms with E-state index in [1.54, 1.807) is 31.2 Å². The number of nitrogens with zero attached hydrogens (tertiary/aromatic N) is 2. The molecule has 0 aliphatic carbocycles. The van der Waals surface area contributed by atoms with E-state index in [1.165, 1.54) is 18.9 Å². The number of carbonyl (C=O) groups is 1. The maximum atomic E-state index is 13.3. The van der Waals surface area contributed by atoms with Gasteiger partial charge < -0.3 is 14.9 Å². The van der Waals surface area contributed by atoms with Gasteiger partial charge in [-0.05, 0) is 93.9 Å². The van der Waals surface area contributed by atoms with Gasteiger partial charge in [-0.1, -0.05) is 12.1 Å². The molecule has 0 bridgehead atoms. The van der Waals surface area contributed by atoms with Gasteiger partial charge in [0.1, 0.15) is 0 Å². The molecule has 1 atom stereocenters. The minimum Gasteiger partial charge on any atom is -0.478 e. The Morgan fingerprint density at radius 2 is 1.82 bits per heavy atom. The lowest BCUT2D eigenvalue weighted by atomic mass is 9.96. The molecule has 2 saturated heterocycles. The third-order valence-electron chi connectivity index (χ3n) is 6.70. The molecule has 7 nitrogen and oxygen atoms in total. The van der Waals surface area contributed by atoms with Crippen LogP contribution in [0.1, 0.15) is 47.2 Å².